The number of rotatable bonds is 4. The normalized spacial score (nSPS) is 13.0. The van der Waals surface area contributed by atoms with Crippen molar-refractivity contribution in [2.75, 3.05) is 7.11 Å². The van der Waals surface area contributed by atoms with E-state index in [2.05, 4.69) is 23.2 Å². The highest BCUT2D eigenvalue weighted by Crippen LogP contribution is 2.17. The van der Waals surface area contributed by atoms with Gasteiger partial charge in [0.2, 0.25) is 0 Å². The van der Waals surface area contributed by atoms with Gasteiger partial charge in [-0.3, -0.25) is 4.99 Å². The third-order valence-corrected chi connectivity index (χ3v) is 3.27. The van der Waals surface area contributed by atoms with Crippen LogP contribution in [0.2, 0.25) is 0 Å². The van der Waals surface area contributed by atoms with Crippen LogP contribution in [0.4, 0.5) is 0 Å². The highest BCUT2D eigenvalue weighted by molar-refractivity contribution is 6.00. The van der Waals surface area contributed by atoms with E-state index in [1.807, 2.05) is 38.1 Å². The summed E-state index contributed by atoms with van der Waals surface area (Å²) in [5.41, 5.74) is 1.01. The van der Waals surface area contributed by atoms with Crippen LogP contribution in [0.25, 0.3) is 10.8 Å². The van der Waals surface area contributed by atoms with E-state index in [4.69, 9.17) is 4.74 Å². The molecule has 0 unspecified atom stereocenters. The Kier molecular flexibility index (Phi) is 4.51. The monoisotopic (exact) mass is 269 g/mol. The fourth-order valence-corrected chi connectivity index (χ4v) is 2.15. The number of hydrogen-bond acceptors (Lipinski definition) is 3. The Labute approximate surface area is 119 Å². The first-order chi connectivity index (χ1) is 9.63. The zero-order valence-corrected chi connectivity index (χ0v) is 12.0. The molecule has 20 heavy (non-hydrogen) atoms. The van der Waals surface area contributed by atoms with Crippen LogP contribution in [0.5, 0.6) is 0 Å². The van der Waals surface area contributed by atoms with Gasteiger partial charge in [0.1, 0.15) is 6.04 Å². The largest absolute Gasteiger partial charge is 0.467 e. The van der Waals surface area contributed by atoms with E-state index in [1.54, 1.807) is 6.21 Å². The van der Waals surface area contributed by atoms with Crippen molar-refractivity contribution >= 4 is 23.0 Å². The SMILES string of the molecule is COC(=O)[C@@H](N=Cc1cccc2ccccc12)C(C)C. The Balaban J connectivity index is 2.35. The van der Waals surface area contributed by atoms with Crippen molar-refractivity contribution in [2.45, 2.75) is 19.9 Å². The zero-order valence-electron chi connectivity index (χ0n) is 12.0. The molecule has 2 aromatic carbocycles. The summed E-state index contributed by atoms with van der Waals surface area (Å²) in [4.78, 5) is 16.1. The van der Waals surface area contributed by atoms with Crippen LogP contribution in [0.3, 0.4) is 0 Å². The lowest BCUT2D eigenvalue weighted by Crippen LogP contribution is -2.26. The van der Waals surface area contributed by atoms with E-state index in [9.17, 15) is 4.79 Å². The van der Waals surface area contributed by atoms with Crippen molar-refractivity contribution in [1.82, 2.24) is 0 Å². The molecule has 0 radical (unpaired) electrons. The lowest BCUT2D eigenvalue weighted by atomic mass is 10.0. The van der Waals surface area contributed by atoms with Gasteiger partial charge in [-0.05, 0) is 16.7 Å². The van der Waals surface area contributed by atoms with E-state index in [0.29, 0.717) is 0 Å². The number of carbonyl (C=O) groups excluding carboxylic acids is 1. The third-order valence-electron chi connectivity index (χ3n) is 3.27. The Morgan fingerprint density at radius 2 is 1.85 bits per heavy atom. The van der Waals surface area contributed by atoms with E-state index in [-0.39, 0.29) is 11.9 Å². The first-order valence-electron chi connectivity index (χ1n) is 6.72. The Morgan fingerprint density at radius 3 is 2.55 bits per heavy atom. The molecule has 0 spiro atoms. The molecule has 3 nitrogen and oxygen atoms in total. The van der Waals surface area contributed by atoms with Gasteiger partial charge in [-0.2, -0.15) is 0 Å². The van der Waals surface area contributed by atoms with Gasteiger partial charge in [0.15, 0.2) is 0 Å². The summed E-state index contributed by atoms with van der Waals surface area (Å²) < 4.78 is 4.80. The number of esters is 1. The van der Waals surface area contributed by atoms with Gasteiger partial charge in [-0.15, -0.1) is 0 Å². The van der Waals surface area contributed by atoms with Crippen molar-refractivity contribution in [2.24, 2.45) is 10.9 Å². The quantitative estimate of drug-likeness (QED) is 0.630. The summed E-state index contributed by atoms with van der Waals surface area (Å²) in [7, 11) is 1.39. The molecule has 0 aliphatic carbocycles. The zero-order chi connectivity index (χ0) is 14.5. The first kappa shape index (κ1) is 14.3. The molecule has 0 amide bonds. The highest BCUT2D eigenvalue weighted by Gasteiger charge is 2.21. The predicted octanol–water partition coefficient (Wildman–Crippen LogP) is 3.46. The second-order valence-corrected chi connectivity index (χ2v) is 5.06. The Bertz CT molecular complexity index is 626. The van der Waals surface area contributed by atoms with Crippen LogP contribution in [0, 0.1) is 5.92 Å². The maximum absolute atomic E-state index is 11.7. The maximum Gasteiger partial charge on any atom is 0.330 e. The Morgan fingerprint density at radius 1 is 1.15 bits per heavy atom. The van der Waals surface area contributed by atoms with Crippen molar-refractivity contribution in [3.8, 4) is 0 Å². The number of fused-ring (bicyclic) bond motifs is 1. The molecular weight excluding hydrogens is 250 g/mol. The van der Waals surface area contributed by atoms with Gasteiger partial charge in [-0.25, -0.2) is 4.79 Å². The van der Waals surface area contributed by atoms with E-state index in [1.165, 1.54) is 7.11 Å². The summed E-state index contributed by atoms with van der Waals surface area (Å²) >= 11 is 0. The van der Waals surface area contributed by atoms with E-state index >= 15 is 0 Å². The standard InChI is InChI=1S/C17H19NO2/c1-12(2)16(17(19)20-3)18-11-14-9-6-8-13-7-4-5-10-15(13)14/h4-12,16H,1-3H3/t16-/m0/s1. The topological polar surface area (TPSA) is 38.7 Å². The number of carbonyl (C=O) groups is 1. The van der Waals surface area contributed by atoms with Gasteiger partial charge in [-0.1, -0.05) is 56.3 Å². The fourth-order valence-electron chi connectivity index (χ4n) is 2.15. The summed E-state index contributed by atoms with van der Waals surface area (Å²) in [6.45, 7) is 3.92. The van der Waals surface area contributed by atoms with Crippen LogP contribution in [0.15, 0.2) is 47.5 Å². The molecule has 1 atom stereocenters. The first-order valence-corrected chi connectivity index (χ1v) is 6.72. The molecule has 0 aliphatic rings. The predicted molar refractivity (Wildman–Crippen MR) is 82.2 cm³/mol. The molecule has 104 valence electrons. The number of aliphatic imine (C=N–C) groups is 1. The van der Waals surface area contributed by atoms with Crippen molar-refractivity contribution in [3.05, 3.63) is 48.0 Å². The minimum atomic E-state index is -0.459. The smallest absolute Gasteiger partial charge is 0.330 e. The highest BCUT2D eigenvalue weighted by atomic mass is 16.5. The molecule has 0 saturated carbocycles. The summed E-state index contributed by atoms with van der Waals surface area (Å²) in [6.07, 6.45) is 1.77. The van der Waals surface area contributed by atoms with E-state index < -0.39 is 6.04 Å². The minimum Gasteiger partial charge on any atom is -0.467 e. The van der Waals surface area contributed by atoms with E-state index in [0.717, 1.165) is 16.3 Å². The average molecular weight is 269 g/mol. The molecule has 0 heterocycles. The lowest BCUT2D eigenvalue weighted by molar-refractivity contribution is -0.143. The van der Waals surface area contributed by atoms with Crippen LogP contribution in [-0.4, -0.2) is 25.3 Å². The van der Waals surface area contributed by atoms with Crippen LogP contribution >= 0.6 is 0 Å². The lowest BCUT2D eigenvalue weighted by Gasteiger charge is -2.13. The van der Waals surface area contributed by atoms with Crippen molar-refractivity contribution < 1.29 is 9.53 Å². The second-order valence-electron chi connectivity index (χ2n) is 5.06. The van der Waals surface area contributed by atoms with Crippen LogP contribution in [0.1, 0.15) is 19.4 Å². The molecule has 0 aromatic heterocycles. The summed E-state index contributed by atoms with van der Waals surface area (Å²) in [6, 6.07) is 13.7. The Hall–Kier alpha value is -2.16. The van der Waals surface area contributed by atoms with Crippen molar-refractivity contribution in [3.63, 3.8) is 0 Å². The van der Waals surface area contributed by atoms with Gasteiger partial charge < -0.3 is 4.74 Å². The summed E-state index contributed by atoms with van der Waals surface area (Å²) in [5, 5.41) is 2.29. The number of hydrogen-bond donors (Lipinski definition) is 0. The number of methoxy groups -OCH3 is 1. The average Bonchev–Trinajstić information content (AvgIpc) is 2.47. The van der Waals surface area contributed by atoms with Gasteiger partial charge in [0.05, 0.1) is 7.11 Å². The molecule has 0 fully saturated rings. The second kappa shape index (κ2) is 6.33. The molecule has 0 aliphatic heterocycles. The third kappa shape index (κ3) is 3.05. The number of benzene rings is 2. The molecule has 0 bridgehead atoms. The van der Waals surface area contributed by atoms with Crippen LogP contribution in [-0.2, 0) is 9.53 Å². The number of nitrogens with zero attached hydrogens (tertiary/aromatic N) is 1. The molecule has 3 heteroatoms. The molecule has 0 saturated heterocycles. The van der Waals surface area contributed by atoms with Gasteiger partial charge >= 0.3 is 5.97 Å². The molecule has 0 N–H and O–H groups in total. The maximum atomic E-state index is 11.7. The number of ether oxygens (including phenoxy) is 1. The van der Waals surface area contributed by atoms with Crippen LogP contribution < -0.4 is 0 Å². The molecule has 2 aromatic rings. The fraction of sp³-hybridized carbons (Fsp3) is 0.294. The minimum absolute atomic E-state index is 0.105. The van der Waals surface area contributed by atoms with Gasteiger partial charge in [0, 0.05) is 11.8 Å². The van der Waals surface area contributed by atoms with Gasteiger partial charge in [0.25, 0.3) is 0 Å². The van der Waals surface area contributed by atoms with Crippen molar-refractivity contribution in [1.29, 1.82) is 0 Å². The molecule has 2 rings (SSSR count). The molecular formula is C17H19NO2. The summed E-state index contributed by atoms with van der Waals surface area (Å²) in [5.74, 6) is -0.190.